The van der Waals surface area contributed by atoms with E-state index in [1.807, 2.05) is 24.3 Å². The van der Waals surface area contributed by atoms with Crippen LogP contribution in [-0.2, 0) is 23.9 Å². The lowest BCUT2D eigenvalue weighted by molar-refractivity contribution is -0.137. The number of alkyl halides is 3. The number of ether oxygens (including phenoxy) is 1. The molecule has 5 rings (SSSR count). The Labute approximate surface area is 203 Å². The van der Waals surface area contributed by atoms with E-state index in [9.17, 15) is 13.2 Å². The molecule has 0 radical (unpaired) electrons. The summed E-state index contributed by atoms with van der Waals surface area (Å²) in [6.45, 7) is 5.50. The largest absolute Gasteiger partial charge is 0.416 e. The van der Waals surface area contributed by atoms with Crippen molar-refractivity contribution in [2.24, 2.45) is 0 Å². The fraction of sp³-hybridized carbons (Fsp3) is 0.310. The van der Waals surface area contributed by atoms with E-state index in [0.717, 1.165) is 73.9 Å². The van der Waals surface area contributed by atoms with Gasteiger partial charge in [-0.2, -0.15) is 13.2 Å². The highest BCUT2D eigenvalue weighted by Gasteiger charge is 2.30. The molecule has 0 spiro atoms. The number of halogens is 3. The molecule has 1 aliphatic heterocycles. The van der Waals surface area contributed by atoms with Gasteiger partial charge in [0.15, 0.2) is 0 Å². The zero-order chi connectivity index (χ0) is 24.3. The van der Waals surface area contributed by atoms with Crippen LogP contribution < -0.4 is 0 Å². The van der Waals surface area contributed by atoms with E-state index in [1.54, 1.807) is 6.07 Å². The van der Waals surface area contributed by atoms with Gasteiger partial charge in [-0.25, -0.2) is 0 Å². The number of morpholine rings is 1. The van der Waals surface area contributed by atoms with E-state index in [1.165, 1.54) is 17.8 Å². The van der Waals surface area contributed by atoms with E-state index in [2.05, 4.69) is 39.8 Å². The molecule has 3 nitrogen and oxygen atoms in total. The zero-order valence-corrected chi connectivity index (χ0v) is 19.6. The zero-order valence-electron chi connectivity index (χ0n) is 19.6. The van der Waals surface area contributed by atoms with E-state index in [-0.39, 0.29) is 0 Å². The van der Waals surface area contributed by atoms with Crippen molar-refractivity contribution in [3.05, 3.63) is 95.6 Å². The maximum Gasteiger partial charge on any atom is 0.416 e. The summed E-state index contributed by atoms with van der Waals surface area (Å²) in [4.78, 5) is 2.45. The molecule has 4 aromatic rings. The molecular formula is C29H29F3N2O. The quantitative estimate of drug-likeness (QED) is 0.296. The number of hydrogen-bond donors (Lipinski definition) is 0. The van der Waals surface area contributed by atoms with Crippen LogP contribution in [0, 0.1) is 0 Å². The maximum absolute atomic E-state index is 13.1. The minimum Gasteiger partial charge on any atom is -0.379 e. The number of fused-ring (bicyclic) bond motifs is 1. The first kappa shape index (κ1) is 23.6. The molecule has 2 heterocycles. The lowest BCUT2D eigenvalue weighted by atomic mass is 10.0. The molecule has 6 heteroatoms. The number of aryl methyl sites for hydroxylation is 1. The number of hydrogen-bond acceptors (Lipinski definition) is 2. The Hall–Kier alpha value is -3.09. The van der Waals surface area contributed by atoms with Crippen molar-refractivity contribution in [2.45, 2.75) is 25.6 Å². The van der Waals surface area contributed by atoms with Crippen LogP contribution in [0.25, 0.3) is 22.2 Å². The molecule has 1 fully saturated rings. The number of benzene rings is 3. The number of rotatable bonds is 7. The molecule has 1 saturated heterocycles. The molecule has 182 valence electrons. The standard InChI is InChI=1S/C29H29F3N2O/c30-29(31,32)26-9-4-6-22(20-26)18-23-10-11-27-25(19-23)21-28(24-7-2-1-3-8-24)34(27)13-5-12-33-14-16-35-17-15-33/h1-4,6-11,19-21H,5,12-18H2. The first-order chi connectivity index (χ1) is 17.0. The summed E-state index contributed by atoms with van der Waals surface area (Å²) < 4.78 is 47.2. The normalized spacial score (nSPS) is 15.1. The maximum atomic E-state index is 13.1. The Morgan fingerprint density at radius 2 is 1.54 bits per heavy atom. The third kappa shape index (κ3) is 5.60. The Kier molecular flexibility index (Phi) is 6.93. The van der Waals surface area contributed by atoms with Gasteiger partial charge in [-0.05, 0) is 53.8 Å². The Morgan fingerprint density at radius 1 is 0.771 bits per heavy atom. The van der Waals surface area contributed by atoms with Crippen LogP contribution in [0.15, 0.2) is 78.9 Å². The van der Waals surface area contributed by atoms with Crippen molar-refractivity contribution in [1.29, 1.82) is 0 Å². The summed E-state index contributed by atoms with van der Waals surface area (Å²) >= 11 is 0. The van der Waals surface area contributed by atoms with Gasteiger partial charge in [-0.3, -0.25) is 4.90 Å². The van der Waals surface area contributed by atoms with E-state index >= 15 is 0 Å². The van der Waals surface area contributed by atoms with Crippen molar-refractivity contribution in [1.82, 2.24) is 9.47 Å². The van der Waals surface area contributed by atoms with Crippen LogP contribution in [0.4, 0.5) is 13.2 Å². The molecule has 0 saturated carbocycles. The van der Waals surface area contributed by atoms with Gasteiger partial charge in [0.25, 0.3) is 0 Å². The van der Waals surface area contributed by atoms with Gasteiger partial charge in [-0.15, -0.1) is 0 Å². The summed E-state index contributed by atoms with van der Waals surface area (Å²) in [5.74, 6) is 0. The average Bonchev–Trinajstić information content (AvgIpc) is 3.23. The molecule has 3 aromatic carbocycles. The van der Waals surface area contributed by atoms with Gasteiger partial charge in [0, 0.05) is 42.8 Å². The van der Waals surface area contributed by atoms with Gasteiger partial charge in [0.2, 0.25) is 0 Å². The van der Waals surface area contributed by atoms with Gasteiger partial charge < -0.3 is 9.30 Å². The predicted molar refractivity (Wildman–Crippen MR) is 133 cm³/mol. The minimum atomic E-state index is -4.33. The van der Waals surface area contributed by atoms with Crippen LogP contribution in [0.2, 0.25) is 0 Å². The van der Waals surface area contributed by atoms with Crippen LogP contribution in [0.1, 0.15) is 23.1 Å². The fourth-order valence-corrected chi connectivity index (χ4v) is 4.89. The van der Waals surface area contributed by atoms with Gasteiger partial charge in [0.05, 0.1) is 18.8 Å². The lowest BCUT2D eigenvalue weighted by Gasteiger charge is -2.26. The molecular weight excluding hydrogens is 449 g/mol. The highest BCUT2D eigenvalue weighted by molar-refractivity contribution is 5.87. The molecule has 0 bridgehead atoms. The molecule has 0 unspecified atom stereocenters. The number of aromatic nitrogens is 1. The summed E-state index contributed by atoms with van der Waals surface area (Å²) in [7, 11) is 0. The third-order valence-electron chi connectivity index (χ3n) is 6.66. The molecule has 0 amide bonds. The summed E-state index contributed by atoms with van der Waals surface area (Å²) in [6, 6.07) is 24.4. The van der Waals surface area contributed by atoms with Crippen molar-refractivity contribution < 1.29 is 17.9 Å². The van der Waals surface area contributed by atoms with Crippen LogP contribution in [-0.4, -0.2) is 42.3 Å². The highest BCUT2D eigenvalue weighted by atomic mass is 19.4. The topological polar surface area (TPSA) is 17.4 Å². The van der Waals surface area contributed by atoms with E-state index in [4.69, 9.17) is 4.74 Å². The van der Waals surface area contributed by atoms with Crippen molar-refractivity contribution in [3.63, 3.8) is 0 Å². The Bertz CT molecular complexity index is 1270. The van der Waals surface area contributed by atoms with Crippen molar-refractivity contribution >= 4 is 10.9 Å². The van der Waals surface area contributed by atoms with Crippen molar-refractivity contribution in [3.8, 4) is 11.3 Å². The minimum absolute atomic E-state index is 0.461. The highest BCUT2D eigenvalue weighted by Crippen LogP contribution is 2.32. The van der Waals surface area contributed by atoms with Gasteiger partial charge in [-0.1, -0.05) is 54.6 Å². The van der Waals surface area contributed by atoms with Crippen molar-refractivity contribution in [2.75, 3.05) is 32.8 Å². The SMILES string of the molecule is FC(F)(F)c1cccc(Cc2ccc3c(c2)cc(-c2ccccc2)n3CCCN2CCOCC2)c1. The third-order valence-corrected chi connectivity index (χ3v) is 6.66. The number of nitrogens with zero attached hydrogens (tertiary/aromatic N) is 2. The first-order valence-electron chi connectivity index (χ1n) is 12.1. The molecule has 1 aliphatic rings. The summed E-state index contributed by atoms with van der Waals surface area (Å²) in [5, 5.41) is 1.11. The second kappa shape index (κ2) is 10.3. The van der Waals surface area contributed by atoms with Gasteiger partial charge in [0.1, 0.15) is 0 Å². The van der Waals surface area contributed by atoms with Crippen LogP contribution >= 0.6 is 0 Å². The molecule has 1 aromatic heterocycles. The predicted octanol–water partition coefficient (Wildman–Crippen LogP) is 6.64. The second-order valence-electron chi connectivity index (χ2n) is 9.12. The molecule has 0 atom stereocenters. The second-order valence-corrected chi connectivity index (χ2v) is 9.12. The average molecular weight is 479 g/mol. The molecule has 35 heavy (non-hydrogen) atoms. The van der Waals surface area contributed by atoms with Crippen LogP contribution in [0.3, 0.4) is 0 Å². The lowest BCUT2D eigenvalue weighted by Crippen LogP contribution is -2.37. The molecule has 0 N–H and O–H groups in total. The summed E-state index contributed by atoms with van der Waals surface area (Å²) in [6.07, 6.45) is -2.83. The van der Waals surface area contributed by atoms with E-state index < -0.39 is 11.7 Å². The molecule has 0 aliphatic carbocycles. The fourth-order valence-electron chi connectivity index (χ4n) is 4.89. The Balaban J connectivity index is 1.42. The Morgan fingerprint density at radius 3 is 2.31 bits per heavy atom. The monoisotopic (exact) mass is 478 g/mol. The first-order valence-corrected chi connectivity index (χ1v) is 12.1. The summed E-state index contributed by atoms with van der Waals surface area (Å²) in [5.41, 5.74) is 4.54. The van der Waals surface area contributed by atoms with E-state index in [0.29, 0.717) is 12.0 Å². The van der Waals surface area contributed by atoms with Crippen LogP contribution in [0.5, 0.6) is 0 Å². The smallest absolute Gasteiger partial charge is 0.379 e. The van der Waals surface area contributed by atoms with Gasteiger partial charge >= 0.3 is 6.18 Å².